The molecule has 1 atom stereocenters. The molecule has 4 rings (SSSR count). The number of carbonyl (C=O) groups excluding carboxylic acids is 2. The second-order valence-corrected chi connectivity index (χ2v) is 6.97. The Bertz CT molecular complexity index is 1090. The lowest BCUT2D eigenvalue weighted by Gasteiger charge is -2.12. The van der Waals surface area contributed by atoms with E-state index < -0.39 is 12.2 Å². The zero-order valence-electron chi connectivity index (χ0n) is 15.8. The van der Waals surface area contributed by atoms with Crippen LogP contribution in [0.4, 0.5) is 10.5 Å². The van der Waals surface area contributed by atoms with Gasteiger partial charge in [0.15, 0.2) is 0 Å². The normalized spacial score (nSPS) is 16.1. The average Bonchev–Trinajstić information content (AvgIpc) is 3.12. The van der Waals surface area contributed by atoms with Gasteiger partial charge in [0.2, 0.25) is 5.91 Å². The van der Waals surface area contributed by atoms with Crippen molar-refractivity contribution in [3.8, 4) is 0 Å². The number of benzene rings is 2. The molecule has 0 aliphatic carbocycles. The number of aromatic nitrogens is 1. The first-order chi connectivity index (χ1) is 14.1. The number of anilines is 1. The minimum atomic E-state index is -0.418. The van der Waals surface area contributed by atoms with Gasteiger partial charge in [0.25, 0.3) is 5.56 Å². The van der Waals surface area contributed by atoms with Crippen molar-refractivity contribution in [2.24, 2.45) is 0 Å². The van der Waals surface area contributed by atoms with Crippen LogP contribution >= 0.6 is 0 Å². The first-order valence-corrected chi connectivity index (χ1v) is 9.51. The number of hydrogen-bond donors (Lipinski definition) is 2. The van der Waals surface area contributed by atoms with E-state index in [1.54, 1.807) is 4.90 Å². The van der Waals surface area contributed by atoms with E-state index in [0.717, 1.165) is 16.6 Å². The lowest BCUT2D eigenvalue weighted by atomic mass is 10.1. The topological polar surface area (TPSA) is 91.5 Å². The first-order valence-electron chi connectivity index (χ1n) is 9.51. The summed E-state index contributed by atoms with van der Waals surface area (Å²) in [6.07, 6.45) is -0.300. The molecular weight excluding hydrogens is 370 g/mol. The molecule has 2 aromatic carbocycles. The molecule has 0 spiro atoms. The highest BCUT2D eigenvalue weighted by atomic mass is 16.6. The van der Waals surface area contributed by atoms with E-state index >= 15 is 0 Å². The van der Waals surface area contributed by atoms with Crippen molar-refractivity contribution in [3.05, 3.63) is 76.6 Å². The zero-order valence-corrected chi connectivity index (χ0v) is 15.8. The van der Waals surface area contributed by atoms with Crippen LogP contribution in [0.5, 0.6) is 0 Å². The number of para-hydroxylation sites is 2. The second-order valence-electron chi connectivity index (χ2n) is 6.97. The molecule has 2 N–H and O–H groups in total. The van der Waals surface area contributed by atoms with Crippen LogP contribution in [0.25, 0.3) is 10.9 Å². The lowest BCUT2D eigenvalue weighted by molar-refractivity contribution is -0.121. The number of pyridine rings is 1. The Morgan fingerprint density at radius 1 is 1.10 bits per heavy atom. The average molecular weight is 391 g/mol. The van der Waals surface area contributed by atoms with Crippen LogP contribution in [0.2, 0.25) is 0 Å². The number of hydrogen-bond acceptors (Lipinski definition) is 4. The molecule has 1 saturated heterocycles. The van der Waals surface area contributed by atoms with Gasteiger partial charge in [0, 0.05) is 23.2 Å². The predicted molar refractivity (Wildman–Crippen MR) is 110 cm³/mol. The number of carbonyl (C=O) groups is 2. The van der Waals surface area contributed by atoms with Gasteiger partial charge in [-0.1, -0.05) is 36.4 Å². The smallest absolute Gasteiger partial charge is 0.414 e. The summed E-state index contributed by atoms with van der Waals surface area (Å²) in [5.74, 6) is -0.188. The van der Waals surface area contributed by atoms with Crippen LogP contribution in [0.15, 0.2) is 65.5 Å². The van der Waals surface area contributed by atoms with Crippen LogP contribution in [-0.2, 0) is 16.0 Å². The summed E-state index contributed by atoms with van der Waals surface area (Å²) in [5, 5.41) is 3.72. The SMILES string of the molecule is O=C(CCc1cc2ccccc2[nH]c1=O)NCC1CN(c2ccccc2)C(=O)O1. The van der Waals surface area contributed by atoms with Crippen LogP contribution in [0.1, 0.15) is 12.0 Å². The molecule has 2 heterocycles. The van der Waals surface area contributed by atoms with E-state index in [1.165, 1.54) is 0 Å². The van der Waals surface area contributed by atoms with Crippen LogP contribution in [0.3, 0.4) is 0 Å². The summed E-state index contributed by atoms with van der Waals surface area (Å²) in [6, 6.07) is 18.6. The lowest BCUT2D eigenvalue weighted by Crippen LogP contribution is -2.34. The summed E-state index contributed by atoms with van der Waals surface area (Å²) in [6.45, 7) is 0.620. The van der Waals surface area contributed by atoms with Crippen molar-refractivity contribution in [1.29, 1.82) is 0 Å². The number of fused-ring (bicyclic) bond motifs is 1. The first kappa shape index (κ1) is 18.7. The van der Waals surface area contributed by atoms with Gasteiger partial charge in [-0.15, -0.1) is 0 Å². The van der Waals surface area contributed by atoms with Crippen LogP contribution < -0.4 is 15.8 Å². The Morgan fingerprint density at radius 2 is 1.86 bits per heavy atom. The third-order valence-corrected chi connectivity index (χ3v) is 4.92. The van der Waals surface area contributed by atoms with Gasteiger partial charge < -0.3 is 15.0 Å². The van der Waals surface area contributed by atoms with E-state index in [1.807, 2.05) is 60.7 Å². The number of H-pyrrole nitrogens is 1. The van der Waals surface area contributed by atoms with Crippen LogP contribution in [0, 0.1) is 0 Å². The molecule has 1 aliphatic rings. The Morgan fingerprint density at radius 3 is 2.69 bits per heavy atom. The maximum absolute atomic E-state index is 12.2. The fraction of sp³-hybridized carbons (Fsp3) is 0.227. The molecule has 1 fully saturated rings. The van der Waals surface area contributed by atoms with E-state index in [4.69, 9.17) is 4.74 Å². The quantitative estimate of drug-likeness (QED) is 0.676. The highest BCUT2D eigenvalue weighted by Crippen LogP contribution is 2.20. The summed E-state index contributed by atoms with van der Waals surface area (Å²) in [4.78, 5) is 40.8. The second kappa shape index (κ2) is 8.18. The summed E-state index contributed by atoms with van der Waals surface area (Å²) in [5.41, 5.74) is 1.93. The van der Waals surface area contributed by atoms with Crippen molar-refractivity contribution in [2.45, 2.75) is 18.9 Å². The number of nitrogens with one attached hydrogen (secondary N) is 2. The molecular formula is C22H21N3O4. The highest BCUT2D eigenvalue weighted by molar-refractivity contribution is 5.89. The molecule has 3 aromatic rings. The van der Waals surface area contributed by atoms with E-state index in [-0.39, 0.29) is 24.4 Å². The van der Waals surface area contributed by atoms with Gasteiger partial charge in [-0.05, 0) is 36.1 Å². The van der Waals surface area contributed by atoms with Crippen molar-refractivity contribution >= 4 is 28.6 Å². The maximum atomic E-state index is 12.2. The largest absolute Gasteiger partial charge is 0.442 e. The Hall–Kier alpha value is -3.61. The molecule has 1 aromatic heterocycles. The summed E-state index contributed by atoms with van der Waals surface area (Å²) >= 11 is 0. The van der Waals surface area contributed by atoms with Crippen molar-refractivity contribution < 1.29 is 14.3 Å². The Labute approximate surface area is 167 Å². The number of cyclic esters (lactones) is 1. The number of rotatable bonds is 6. The predicted octanol–water partition coefficient (Wildman–Crippen LogP) is 2.60. The summed E-state index contributed by atoms with van der Waals surface area (Å²) < 4.78 is 5.33. The Kier molecular flexibility index (Phi) is 5.29. The molecule has 0 saturated carbocycles. The molecule has 1 aliphatic heterocycles. The van der Waals surface area contributed by atoms with E-state index in [9.17, 15) is 14.4 Å². The fourth-order valence-corrected chi connectivity index (χ4v) is 3.39. The fourth-order valence-electron chi connectivity index (χ4n) is 3.39. The standard InChI is InChI=1S/C22H21N3O4/c26-20(11-10-16-12-15-6-4-5-9-19(15)24-21(16)27)23-13-18-14-25(22(28)29-18)17-7-2-1-3-8-17/h1-9,12,18H,10-11,13-14H2,(H,23,26)(H,24,27). The molecule has 0 radical (unpaired) electrons. The number of nitrogens with zero attached hydrogens (tertiary/aromatic N) is 1. The minimum absolute atomic E-state index is 0.181. The third kappa shape index (κ3) is 4.29. The van der Waals surface area contributed by atoms with Gasteiger partial charge >= 0.3 is 6.09 Å². The van der Waals surface area contributed by atoms with E-state index in [2.05, 4.69) is 10.3 Å². The van der Waals surface area contributed by atoms with Crippen molar-refractivity contribution in [1.82, 2.24) is 10.3 Å². The van der Waals surface area contributed by atoms with Crippen molar-refractivity contribution in [3.63, 3.8) is 0 Å². The van der Waals surface area contributed by atoms with Gasteiger partial charge in [-0.2, -0.15) is 0 Å². The maximum Gasteiger partial charge on any atom is 0.414 e. The number of aromatic amines is 1. The molecule has 0 bridgehead atoms. The third-order valence-electron chi connectivity index (χ3n) is 4.92. The molecule has 1 unspecified atom stereocenters. The molecule has 29 heavy (non-hydrogen) atoms. The van der Waals surface area contributed by atoms with Gasteiger partial charge in [0.1, 0.15) is 6.10 Å². The molecule has 7 heteroatoms. The molecule has 148 valence electrons. The number of ether oxygens (including phenoxy) is 1. The summed E-state index contributed by atoms with van der Waals surface area (Å²) in [7, 11) is 0. The minimum Gasteiger partial charge on any atom is -0.442 e. The van der Waals surface area contributed by atoms with Crippen molar-refractivity contribution in [2.75, 3.05) is 18.0 Å². The monoisotopic (exact) mass is 391 g/mol. The number of amides is 2. The number of aryl methyl sites for hydroxylation is 1. The van der Waals surface area contributed by atoms with Gasteiger partial charge in [-0.25, -0.2) is 4.79 Å². The van der Waals surface area contributed by atoms with Crippen LogP contribution in [-0.4, -0.2) is 36.2 Å². The Balaban J connectivity index is 1.29. The highest BCUT2D eigenvalue weighted by Gasteiger charge is 2.32. The molecule has 2 amide bonds. The zero-order chi connectivity index (χ0) is 20.2. The van der Waals surface area contributed by atoms with E-state index in [0.29, 0.717) is 18.5 Å². The van der Waals surface area contributed by atoms with Gasteiger partial charge in [-0.3, -0.25) is 14.5 Å². The van der Waals surface area contributed by atoms with Gasteiger partial charge in [0.05, 0.1) is 13.1 Å². The molecule has 7 nitrogen and oxygen atoms in total.